The van der Waals surface area contributed by atoms with Gasteiger partial charge in [0.2, 0.25) is 0 Å². The summed E-state index contributed by atoms with van der Waals surface area (Å²) in [6.07, 6.45) is 4.47. The Bertz CT molecular complexity index is 409. The third kappa shape index (κ3) is 2.70. The van der Waals surface area contributed by atoms with Crippen molar-refractivity contribution in [2.75, 3.05) is 18.0 Å². The van der Waals surface area contributed by atoms with Crippen LogP contribution in [0.1, 0.15) is 38.3 Å². The molecule has 1 aliphatic rings. The van der Waals surface area contributed by atoms with Gasteiger partial charge in [-0.25, -0.2) is 0 Å². The van der Waals surface area contributed by atoms with E-state index in [1.54, 1.807) is 0 Å². The molecule has 2 nitrogen and oxygen atoms in total. The summed E-state index contributed by atoms with van der Waals surface area (Å²) in [4.78, 5) is 2.43. The van der Waals surface area contributed by atoms with Crippen LogP contribution in [-0.4, -0.2) is 13.1 Å². The maximum Gasteiger partial charge on any atom is 0.0417 e. The summed E-state index contributed by atoms with van der Waals surface area (Å²) in [6.45, 7) is 6.47. The Kier molecular flexibility index (Phi) is 3.85. The number of hydrogen-bond donors (Lipinski definition) is 1. The van der Waals surface area contributed by atoms with Crippen molar-refractivity contribution < 1.29 is 0 Å². The monoisotopic (exact) mass is 230 g/mol. The van der Waals surface area contributed by atoms with Gasteiger partial charge in [-0.05, 0) is 31.4 Å². The van der Waals surface area contributed by atoms with E-state index in [4.69, 9.17) is 5.73 Å². The summed E-state index contributed by atoms with van der Waals surface area (Å²) in [5.41, 5.74) is 10.3. The van der Waals surface area contributed by atoms with Gasteiger partial charge in [0.15, 0.2) is 0 Å². The van der Waals surface area contributed by atoms with Gasteiger partial charge in [0.1, 0.15) is 0 Å². The summed E-state index contributed by atoms with van der Waals surface area (Å²) >= 11 is 0. The number of rotatable bonds is 3. The molecule has 92 valence electrons. The fraction of sp³-hybridized carbons (Fsp3) is 0.467. The second-order valence-electron chi connectivity index (χ2n) is 4.82. The van der Waals surface area contributed by atoms with Crippen LogP contribution in [0, 0.1) is 0 Å². The molecule has 2 N–H and O–H groups in total. The highest BCUT2D eigenvalue weighted by Crippen LogP contribution is 2.28. The molecule has 1 aromatic carbocycles. The standard InChI is InChI=1S/C15H22N2/c1-3-14(16)13-6-4-5-7-15(13)17-10-8-12(2)9-11-17/h4-8,14H,3,9-11,16H2,1-2H3/t14-/m0/s1. The Labute approximate surface area is 104 Å². The molecule has 2 heteroatoms. The minimum Gasteiger partial charge on any atom is -0.367 e. The van der Waals surface area contributed by atoms with Crippen LogP contribution in [0.5, 0.6) is 0 Å². The molecule has 0 amide bonds. The SMILES string of the molecule is CC[C@H](N)c1ccccc1N1CC=C(C)CC1. The van der Waals surface area contributed by atoms with E-state index in [1.807, 2.05) is 0 Å². The van der Waals surface area contributed by atoms with E-state index in [0.717, 1.165) is 25.9 Å². The number of nitrogens with zero attached hydrogens (tertiary/aromatic N) is 1. The number of anilines is 1. The van der Waals surface area contributed by atoms with Gasteiger partial charge in [-0.15, -0.1) is 0 Å². The summed E-state index contributed by atoms with van der Waals surface area (Å²) in [5.74, 6) is 0. The molecular weight excluding hydrogens is 208 g/mol. The van der Waals surface area contributed by atoms with Crippen LogP contribution >= 0.6 is 0 Å². The van der Waals surface area contributed by atoms with Crippen LogP contribution in [0.15, 0.2) is 35.9 Å². The first-order valence-electron chi connectivity index (χ1n) is 6.47. The molecule has 0 aromatic heterocycles. The third-order valence-corrected chi connectivity index (χ3v) is 3.55. The van der Waals surface area contributed by atoms with E-state index < -0.39 is 0 Å². The van der Waals surface area contributed by atoms with Crippen molar-refractivity contribution in [3.63, 3.8) is 0 Å². The fourth-order valence-corrected chi connectivity index (χ4v) is 2.30. The zero-order chi connectivity index (χ0) is 12.3. The summed E-state index contributed by atoms with van der Waals surface area (Å²) in [7, 11) is 0. The lowest BCUT2D eigenvalue weighted by molar-refractivity contribution is 0.688. The van der Waals surface area contributed by atoms with Crippen molar-refractivity contribution in [1.82, 2.24) is 0 Å². The Hall–Kier alpha value is -1.28. The van der Waals surface area contributed by atoms with Gasteiger partial charge in [-0.2, -0.15) is 0 Å². The van der Waals surface area contributed by atoms with E-state index >= 15 is 0 Å². The van der Waals surface area contributed by atoms with E-state index in [9.17, 15) is 0 Å². The normalized spacial score (nSPS) is 17.8. The van der Waals surface area contributed by atoms with Gasteiger partial charge >= 0.3 is 0 Å². The molecular formula is C15H22N2. The summed E-state index contributed by atoms with van der Waals surface area (Å²) in [6, 6.07) is 8.69. The smallest absolute Gasteiger partial charge is 0.0417 e. The molecule has 0 radical (unpaired) electrons. The van der Waals surface area contributed by atoms with Gasteiger partial charge in [0.25, 0.3) is 0 Å². The van der Waals surface area contributed by atoms with Crippen molar-refractivity contribution in [3.8, 4) is 0 Å². The average molecular weight is 230 g/mol. The topological polar surface area (TPSA) is 29.3 Å². The lowest BCUT2D eigenvalue weighted by Gasteiger charge is -2.30. The Balaban J connectivity index is 2.26. The number of nitrogens with two attached hydrogens (primary N) is 1. The lowest BCUT2D eigenvalue weighted by Crippen LogP contribution is -2.30. The first kappa shape index (κ1) is 12.2. The van der Waals surface area contributed by atoms with Crippen LogP contribution in [0.4, 0.5) is 5.69 Å². The Morgan fingerprint density at radius 1 is 1.35 bits per heavy atom. The molecule has 0 spiro atoms. The average Bonchev–Trinajstić information content (AvgIpc) is 2.39. The van der Waals surface area contributed by atoms with Crippen molar-refractivity contribution in [1.29, 1.82) is 0 Å². The zero-order valence-electron chi connectivity index (χ0n) is 10.8. The van der Waals surface area contributed by atoms with Crippen LogP contribution in [0.3, 0.4) is 0 Å². The lowest BCUT2D eigenvalue weighted by atomic mass is 10.0. The Morgan fingerprint density at radius 3 is 2.76 bits per heavy atom. The predicted octanol–water partition coefficient (Wildman–Crippen LogP) is 3.25. The zero-order valence-corrected chi connectivity index (χ0v) is 10.8. The molecule has 0 saturated carbocycles. The Morgan fingerprint density at radius 2 is 2.12 bits per heavy atom. The van der Waals surface area contributed by atoms with Crippen LogP contribution in [0.2, 0.25) is 0 Å². The molecule has 0 bridgehead atoms. The summed E-state index contributed by atoms with van der Waals surface area (Å²) < 4.78 is 0. The molecule has 1 aromatic rings. The first-order chi connectivity index (χ1) is 8.22. The highest BCUT2D eigenvalue weighted by Gasteiger charge is 2.15. The van der Waals surface area contributed by atoms with Gasteiger partial charge in [0, 0.05) is 24.8 Å². The summed E-state index contributed by atoms with van der Waals surface area (Å²) in [5, 5.41) is 0. The molecule has 0 unspecified atom stereocenters. The van der Waals surface area contributed by atoms with Crippen molar-refractivity contribution >= 4 is 5.69 Å². The van der Waals surface area contributed by atoms with Gasteiger partial charge in [0.05, 0.1) is 0 Å². The van der Waals surface area contributed by atoms with Crippen LogP contribution in [0.25, 0.3) is 0 Å². The maximum absolute atomic E-state index is 6.19. The number of benzene rings is 1. The molecule has 1 aliphatic heterocycles. The number of para-hydroxylation sites is 1. The van der Waals surface area contributed by atoms with E-state index in [1.165, 1.54) is 16.8 Å². The van der Waals surface area contributed by atoms with E-state index in [0.29, 0.717) is 0 Å². The maximum atomic E-state index is 6.19. The largest absolute Gasteiger partial charge is 0.367 e. The van der Waals surface area contributed by atoms with Crippen LogP contribution < -0.4 is 10.6 Å². The molecule has 0 fully saturated rings. The first-order valence-corrected chi connectivity index (χ1v) is 6.47. The number of hydrogen-bond acceptors (Lipinski definition) is 2. The predicted molar refractivity (Wildman–Crippen MR) is 74.2 cm³/mol. The van der Waals surface area contributed by atoms with Crippen molar-refractivity contribution in [2.45, 2.75) is 32.7 Å². The quantitative estimate of drug-likeness (QED) is 0.808. The second kappa shape index (κ2) is 5.37. The molecule has 0 saturated heterocycles. The minimum absolute atomic E-state index is 0.151. The van der Waals surface area contributed by atoms with Gasteiger partial charge in [-0.3, -0.25) is 0 Å². The van der Waals surface area contributed by atoms with Gasteiger partial charge < -0.3 is 10.6 Å². The van der Waals surface area contributed by atoms with Crippen molar-refractivity contribution in [2.24, 2.45) is 5.73 Å². The van der Waals surface area contributed by atoms with Crippen LogP contribution in [-0.2, 0) is 0 Å². The molecule has 2 rings (SSSR count). The molecule has 0 aliphatic carbocycles. The fourth-order valence-electron chi connectivity index (χ4n) is 2.30. The molecule has 1 atom stereocenters. The van der Waals surface area contributed by atoms with E-state index in [2.05, 4.69) is 49.1 Å². The second-order valence-corrected chi connectivity index (χ2v) is 4.82. The molecule has 17 heavy (non-hydrogen) atoms. The highest BCUT2D eigenvalue weighted by molar-refractivity contribution is 5.56. The highest BCUT2D eigenvalue weighted by atomic mass is 15.1. The van der Waals surface area contributed by atoms with Gasteiger partial charge in [-0.1, -0.05) is 36.8 Å². The van der Waals surface area contributed by atoms with E-state index in [-0.39, 0.29) is 6.04 Å². The third-order valence-electron chi connectivity index (χ3n) is 3.55. The molecule has 1 heterocycles. The minimum atomic E-state index is 0.151. The van der Waals surface area contributed by atoms with Crippen molar-refractivity contribution in [3.05, 3.63) is 41.5 Å².